The highest BCUT2D eigenvalue weighted by Crippen LogP contribution is 2.54. The molecule has 3 fully saturated rings. The third-order valence-electron chi connectivity index (χ3n) is 4.95. The van der Waals surface area contributed by atoms with Gasteiger partial charge in [0.1, 0.15) is 0 Å². The molecule has 0 amide bonds. The van der Waals surface area contributed by atoms with Gasteiger partial charge in [0, 0.05) is 28.2 Å². The predicted octanol–water partition coefficient (Wildman–Crippen LogP) is 1.34. The molecule has 5 nitrogen and oxygen atoms in total. The van der Waals surface area contributed by atoms with E-state index in [0.717, 1.165) is 13.2 Å². The second-order valence-corrected chi connectivity index (χ2v) is 7.98. The molecule has 1 aromatic heterocycles. The van der Waals surface area contributed by atoms with Crippen molar-refractivity contribution in [1.82, 2.24) is 10.2 Å². The van der Waals surface area contributed by atoms with Crippen LogP contribution in [0.25, 0.3) is 0 Å². The number of hydrogen-bond donors (Lipinski definition) is 2. The summed E-state index contributed by atoms with van der Waals surface area (Å²) < 4.78 is 11.9. The first-order chi connectivity index (χ1) is 9.65. The van der Waals surface area contributed by atoms with Gasteiger partial charge in [-0.1, -0.05) is 0 Å². The maximum atomic E-state index is 6.37. The Morgan fingerprint density at radius 3 is 3.15 bits per heavy atom. The molecule has 20 heavy (non-hydrogen) atoms. The van der Waals surface area contributed by atoms with Crippen LogP contribution < -0.4 is 5.73 Å². The Morgan fingerprint density at radius 1 is 1.45 bits per heavy atom. The quantitative estimate of drug-likeness (QED) is 0.818. The summed E-state index contributed by atoms with van der Waals surface area (Å²) in [5.74, 6) is 1.07. The highest BCUT2D eigenvalue weighted by Gasteiger charge is 2.53. The molecule has 1 aromatic rings. The van der Waals surface area contributed by atoms with Crippen molar-refractivity contribution in [1.29, 1.82) is 0 Å². The summed E-state index contributed by atoms with van der Waals surface area (Å²) >= 11 is 2.03. The molecule has 110 valence electrons. The number of hydrogen-bond acceptors (Lipinski definition) is 5. The Bertz CT molecular complexity index is 479. The fourth-order valence-corrected chi connectivity index (χ4v) is 5.68. The van der Waals surface area contributed by atoms with E-state index in [1.165, 1.54) is 12.0 Å². The lowest BCUT2D eigenvalue weighted by Crippen LogP contribution is -2.64. The maximum absolute atomic E-state index is 6.37. The molecule has 0 saturated carbocycles. The van der Waals surface area contributed by atoms with E-state index >= 15 is 0 Å². The molecule has 0 aliphatic carbocycles. The summed E-state index contributed by atoms with van der Waals surface area (Å²) in [6, 6.07) is 0. The molecule has 6 heteroatoms. The largest absolute Gasteiger partial charge is 0.379 e. The highest BCUT2D eigenvalue weighted by atomic mass is 32.2. The van der Waals surface area contributed by atoms with E-state index < -0.39 is 0 Å². The van der Waals surface area contributed by atoms with E-state index in [-0.39, 0.29) is 11.6 Å². The Morgan fingerprint density at radius 2 is 2.35 bits per heavy atom. The zero-order chi connectivity index (χ0) is 13.7. The molecule has 4 rings (SSSR count). The van der Waals surface area contributed by atoms with Crippen molar-refractivity contribution in [2.24, 2.45) is 17.6 Å². The van der Waals surface area contributed by atoms with Crippen LogP contribution in [0, 0.1) is 11.8 Å². The number of thioether (sulfide) groups is 1. The molecule has 3 N–H and O–H groups in total. The molecule has 0 aromatic carbocycles. The molecule has 0 radical (unpaired) electrons. The zero-order valence-corrected chi connectivity index (χ0v) is 12.4. The van der Waals surface area contributed by atoms with E-state index in [4.69, 9.17) is 15.2 Å². The van der Waals surface area contributed by atoms with Crippen LogP contribution in [0.15, 0.2) is 12.4 Å². The van der Waals surface area contributed by atoms with Crippen molar-refractivity contribution >= 4 is 11.8 Å². The van der Waals surface area contributed by atoms with Gasteiger partial charge in [-0.3, -0.25) is 5.10 Å². The first-order valence-corrected chi connectivity index (χ1v) is 8.22. The summed E-state index contributed by atoms with van der Waals surface area (Å²) in [6.45, 7) is 4.26. The second kappa shape index (κ2) is 4.73. The number of nitrogens with one attached hydrogen (secondary N) is 1. The number of aromatic nitrogens is 2. The van der Waals surface area contributed by atoms with Gasteiger partial charge in [0.25, 0.3) is 0 Å². The van der Waals surface area contributed by atoms with Crippen LogP contribution >= 0.6 is 11.8 Å². The van der Waals surface area contributed by atoms with Crippen LogP contribution in [-0.2, 0) is 9.47 Å². The van der Waals surface area contributed by atoms with Crippen LogP contribution in [0.5, 0.6) is 0 Å². The lowest BCUT2D eigenvalue weighted by molar-refractivity contribution is -0.159. The van der Waals surface area contributed by atoms with Crippen molar-refractivity contribution in [3.8, 4) is 0 Å². The van der Waals surface area contributed by atoms with E-state index in [1.807, 2.05) is 24.2 Å². The van der Waals surface area contributed by atoms with Gasteiger partial charge >= 0.3 is 0 Å². The summed E-state index contributed by atoms with van der Waals surface area (Å²) in [5.41, 5.74) is 7.32. The molecule has 6 unspecified atom stereocenters. The topological polar surface area (TPSA) is 73.2 Å². The number of H-pyrrole nitrogens is 1. The molecule has 0 bridgehead atoms. The van der Waals surface area contributed by atoms with Crippen molar-refractivity contribution in [3.05, 3.63) is 18.0 Å². The van der Waals surface area contributed by atoms with Gasteiger partial charge in [0.05, 0.1) is 37.7 Å². The number of aromatic amines is 1. The molecule has 3 aliphatic rings. The Labute approximate surface area is 123 Å². The standard InChI is InChI=1S/C14H21N3O2S/c1-14(15)7-18-5-10-9-2-11(8-3-16-17-4-8)20-12(9)6-19-13(10)14/h3-4,9-13H,2,5-7,15H2,1H3,(H,16,17). The van der Waals surface area contributed by atoms with Gasteiger partial charge in [0.2, 0.25) is 0 Å². The second-order valence-electron chi connectivity index (χ2n) is 6.53. The molecular weight excluding hydrogens is 274 g/mol. The fourth-order valence-electron chi connectivity index (χ4n) is 3.97. The number of rotatable bonds is 1. The molecule has 3 aliphatic heterocycles. The van der Waals surface area contributed by atoms with Gasteiger partial charge < -0.3 is 15.2 Å². The summed E-state index contributed by atoms with van der Waals surface area (Å²) in [4.78, 5) is 0. The first kappa shape index (κ1) is 13.1. The molecule has 3 saturated heterocycles. The van der Waals surface area contributed by atoms with E-state index in [0.29, 0.717) is 28.9 Å². The normalized spacial score (nSPS) is 47.8. The predicted molar refractivity (Wildman–Crippen MR) is 77.5 cm³/mol. The Hall–Kier alpha value is -0.560. The number of fused-ring (bicyclic) bond motifs is 3. The minimum absolute atomic E-state index is 0.140. The summed E-state index contributed by atoms with van der Waals surface area (Å²) in [5, 5.41) is 8.08. The lowest BCUT2D eigenvalue weighted by Gasteiger charge is -2.49. The number of nitrogens with zero attached hydrogens (tertiary/aromatic N) is 1. The van der Waals surface area contributed by atoms with E-state index in [9.17, 15) is 0 Å². The SMILES string of the molecule is CC1(N)COCC2C3CC(c4cn[nH]c4)SC3COC21. The number of nitrogens with two attached hydrogens (primary N) is 1. The van der Waals surface area contributed by atoms with Gasteiger partial charge in [-0.15, -0.1) is 11.8 Å². The first-order valence-electron chi connectivity index (χ1n) is 7.27. The highest BCUT2D eigenvalue weighted by molar-refractivity contribution is 8.00. The fraction of sp³-hybridized carbons (Fsp3) is 0.786. The monoisotopic (exact) mass is 295 g/mol. The average Bonchev–Trinajstić information content (AvgIpc) is 3.07. The minimum atomic E-state index is -0.355. The minimum Gasteiger partial charge on any atom is -0.379 e. The lowest BCUT2D eigenvalue weighted by atomic mass is 9.73. The van der Waals surface area contributed by atoms with E-state index in [1.54, 1.807) is 0 Å². The van der Waals surface area contributed by atoms with Crippen LogP contribution in [-0.4, -0.2) is 46.9 Å². The van der Waals surface area contributed by atoms with Gasteiger partial charge in [-0.05, 0) is 19.3 Å². The van der Waals surface area contributed by atoms with Crippen molar-refractivity contribution < 1.29 is 9.47 Å². The van der Waals surface area contributed by atoms with Crippen molar-refractivity contribution in [2.45, 2.75) is 35.5 Å². The van der Waals surface area contributed by atoms with Gasteiger partial charge in [0.15, 0.2) is 0 Å². The third kappa shape index (κ3) is 2.01. The van der Waals surface area contributed by atoms with Gasteiger partial charge in [-0.25, -0.2) is 0 Å². The average molecular weight is 295 g/mol. The van der Waals surface area contributed by atoms with Crippen LogP contribution in [0.1, 0.15) is 24.2 Å². The van der Waals surface area contributed by atoms with E-state index in [2.05, 4.69) is 17.1 Å². The Balaban J connectivity index is 1.56. The third-order valence-corrected chi connectivity index (χ3v) is 6.57. The smallest absolute Gasteiger partial charge is 0.0827 e. The molecule has 4 heterocycles. The Kier molecular flexibility index (Phi) is 3.10. The molecular formula is C14H21N3O2S. The number of ether oxygens (including phenoxy) is 2. The van der Waals surface area contributed by atoms with Crippen molar-refractivity contribution in [2.75, 3.05) is 19.8 Å². The maximum Gasteiger partial charge on any atom is 0.0827 e. The molecule has 0 spiro atoms. The van der Waals surface area contributed by atoms with Crippen LogP contribution in [0.3, 0.4) is 0 Å². The van der Waals surface area contributed by atoms with Crippen LogP contribution in [0.4, 0.5) is 0 Å². The summed E-state index contributed by atoms with van der Waals surface area (Å²) in [6.07, 6.45) is 5.27. The van der Waals surface area contributed by atoms with Crippen LogP contribution in [0.2, 0.25) is 0 Å². The zero-order valence-electron chi connectivity index (χ0n) is 11.6. The summed E-state index contributed by atoms with van der Waals surface area (Å²) in [7, 11) is 0. The van der Waals surface area contributed by atoms with Crippen molar-refractivity contribution in [3.63, 3.8) is 0 Å². The molecule has 6 atom stereocenters. The van der Waals surface area contributed by atoms with Gasteiger partial charge in [-0.2, -0.15) is 5.10 Å².